The molecule has 5 aromatic rings. The number of aryl methyl sites for hydroxylation is 1. The number of hydrogen-bond acceptors (Lipinski definition) is 8. The van der Waals surface area contributed by atoms with Crippen LogP contribution < -0.4 is 14.4 Å². The zero-order chi connectivity index (χ0) is 28.0. The Kier molecular flexibility index (Phi) is 6.47. The normalized spacial score (nSPS) is 16.8. The van der Waals surface area contributed by atoms with E-state index in [9.17, 15) is 14.7 Å². The van der Waals surface area contributed by atoms with Crippen LogP contribution in [0.4, 0.5) is 5.13 Å². The minimum Gasteiger partial charge on any atom is -0.505 e. The van der Waals surface area contributed by atoms with Gasteiger partial charge in [-0.1, -0.05) is 36.5 Å². The largest absolute Gasteiger partial charge is 0.505 e. The molecule has 1 fully saturated rings. The number of ketones is 1. The van der Waals surface area contributed by atoms with E-state index in [4.69, 9.17) is 9.47 Å². The summed E-state index contributed by atoms with van der Waals surface area (Å²) < 4.78 is 13.6. The molecule has 2 aromatic carbocycles. The van der Waals surface area contributed by atoms with Gasteiger partial charge in [-0.3, -0.25) is 18.9 Å². The number of thiazole rings is 1. The molecule has 1 aliphatic heterocycles. The van der Waals surface area contributed by atoms with Crippen molar-refractivity contribution in [1.82, 2.24) is 14.4 Å². The summed E-state index contributed by atoms with van der Waals surface area (Å²) in [6.07, 6.45) is 2.62. The third kappa shape index (κ3) is 4.17. The maximum absolute atomic E-state index is 13.7. The smallest absolute Gasteiger partial charge is 0.301 e. The minimum atomic E-state index is -0.920. The monoisotopic (exact) mass is 554 g/mol. The van der Waals surface area contributed by atoms with E-state index >= 15 is 0 Å². The number of carbonyl (C=O) groups excluding carboxylic acids is 2. The molecule has 1 saturated heterocycles. The van der Waals surface area contributed by atoms with Crippen LogP contribution in [0, 0.1) is 6.92 Å². The van der Waals surface area contributed by atoms with Crippen molar-refractivity contribution in [3.63, 3.8) is 0 Å². The van der Waals surface area contributed by atoms with Crippen molar-refractivity contribution in [2.24, 2.45) is 0 Å². The summed E-state index contributed by atoms with van der Waals surface area (Å²) in [4.78, 5) is 37.9. The molecule has 9 nitrogen and oxygen atoms in total. The number of hydrogen-bond donors (Lipinski definition) is 1. The first-order valence-corrected chi connectivity index (χ1v) is 13.6. The Morgan fingerprint density at radius 3 is 2.58 bits per heavy atom. The Morgan fingerprint density at radius 1 is 1.05 bits per heavy atom. The zero-order valence-electron chi connectivity index (χ0n) is 22.1. The number of imidazole rings is 1. The van der Waals surface area contributed by atoms with Crippen LogP contribution in [0.3, 0.4) is 0 Å². The molecule has 1 N–H and O–H groups in total. The lowest BCUT2D eigenvalue weighted by Gasteiger charge is -2.23. The van der Waals surface area contributed by atoms with Gasteiger partial charge in [-0.05, 0) is 61.4 Å². The summed E-state index contributed by atoms with van der Waals surface area (Å²) in [6.45, 7) is 4.35. The Labute approximate surface area is 233 Å². The SMILES string of the molecule is CCCOc1ccc(C2/C(=C(\O)c3c(C)nc4ccccn34)C(=O)C(=O)N2c2nc3ccc(OC)cc3s2)cc1. The molecule has 202 valence electrons. The van der Waals surface area contributed by atoms with Gasteiger partial charge in [0.05, 0.1) is 41.2 Å². The molecule has 6 rings (SSSR count). The highest BCUT2D eigenvalue weighted by Crippen LogP contribution is 2.45. The average Bonchev–Trinajstić information content (AvgIpc) is 3.62. The number of fused-ring (bicyclic) bond motifs is 2. The number of benzene rings is 2. The summed E-state index contributed by atoms with van der Waals surface area (Å²) in [7, 11) is 1.58. The molecule has 0 saturated carbocycles. The van der Waals surface area contributed by atoms with Crippen LogP contribution in [0.5, 0.6) is 11.5 Å². The van der Waals surface area contributed by atoms with Crippen LogP contribution in [0.1, 0.15) is 36.3 Å². The van der Waals surface area contributed by atoms with Crippen LogP contribution >= 0.6 is 11.3 Å². The van der Waals surface area contributed by atoms with Crippen molar-refractivity contribution in [2.75, 3.05) is 18.6 Å². The van der Waals surface area contributed by atoms with Gasteiger partial charge in [-0.2, -0.15) is 0 Å². The summed E-state index contributed by atoms with van der Waals surface area (Å²) >= 11 is 1.27. The van der Waals surface area contributed by atoms with Crippen molar-refractivity contribution in [3.8, 4) is 11.5 Å². The van der Waals surface area contributed by atoms with Gasteiger partial charge >= 0.3 is 5.91 Å². The Hall–Kier alpha value is -4.70. The number of aromatic nitrogens is 3. The summed E-state index contributed by atoms with van der Waals surface area (Å²) in [6, 6.07) is 17.2. The fraction of sp³-hybridized carbons (Fsp3) is 0.200. The van der Waals surface area contributed by atoms with Crippen molar-refractivity contribution in [1.29, 1.82) is 0 Å². The van der Waals surface area contributed by atoms with Gasteiger partial charge in [0.1, 0.15) is 22.8 Å². The number of methoxy groups -OCH3 is 1. The first kappa shape index (κ1) is 25.6. The van der Waals surface area contributed by atoms with E-state index in [1.165, 1.54) is 16.2 Å². The highest BCUT2D eigenvalue weighted by atomic mass is 32.1. The van der Waals surface area contributed by atoms with Crippen LogP contribution in [0.25, 0.3) is 21.6 Å². The van der Waals surface area contributed by atoms with E-state index in [2.05, 4.69) is 9.97 Å². The van der Waals surface area contributed by atoms with Gasteiger partial charge in [0, 0.05) is 6.20 Å². The van der Waals surface area contributed by atoms with Crippen molar-refractivity contribution in [3.05, 3.63) is 89.4 Å². The van der Waals surface area contributed by atoms with Gasteiger partial charge in [0.15, 0.2) is 10.9 Å². The lowest BCUT2D eigenvalue weighted by Crippen LogP contribution is -2.29. The predicted octanol–water partition coefficient (Wildman–Crippen LogP) is 5.68. The summed E-state index contributed by atoms with van der Waals surface area (Å²) in [5.41, 5.74) is 2.78. The van der Waals surface area contributed by atoms with Crippen molar-refractivity contribution >= 4 is 49.8 Å². The number of ether oxygens (including phenoxy) is 2. The number of anilines is 1. The number of pyridine rings is 1. The molecule has 1 atom stereocenters. The van der Waals surface area contributed by atoms with Gasteiger partial charge < -0.3 is 14.6 Å². The number of carbonyl (C=O) groups is 2. The second-order valence-corrected chi connectivity index (χ2v) is 10.4. The maximum Gasteiger partial charge on any atom is 0.301 e. The summed E-state index contributed by atoms with van der Waals surface area (Å²) in [5.74, 6) is -0.526. The summed E-state index contributed by atoms with van der Waals surface area (Å²) in [5, 5.41) is 12.1. The minimum absolute atomic E-state index is 0.0298. The molecular formula is C30H26N4O5S. The van der Waals surface area contributed by atoms with E-state index < -0.39 is 17.7 Å². The highest BCUT2D eigenvalue weighted by molar-refractivity contribution is 7.22. The molecular weight excluding hydrogens is 528 g/mol. The fourth-order valence-electron chi connectivity index (χ4n) is 4.96. The lowest BCUT2D eigenvalue weighted by molar-refractivity contribution is -0.132. The number of Topliss-reactive ketones (excluding diaryl/α,β-unsaturated/α-hetero) is 1. The standard InChI is InChI=1S/C30H26N4O5S/c1-4-15-39-19-10-8-18(9-11-19)26-24(27(35)25-17(2)31-23-7-5-6-14-33(23)25)28(36)29(37)34(26)30-32-21-13-12-20(38-3)16-22(21)40-30/h5-14,16,26,35H,4,15H2,1-3H3/b27-24+. The molecule has 10 heteroatoms. The van der Waals surface area contributed by atoms with Crippen LogP contribution in [-0.2, 0) is 9.59 Å². The Bertz CT molecular complexity index is 1800. The highest BCUT2D eigenvalue weighted by Gasteiger charge is 2.48. The van der Waals surface area contributed by atoms with Gasteiger partial charge in [-0.15, -0.1) is 0 Å². The van der Waals surface area contributed by atoms with E-state index in [1.807, 2.05) is 31.2 Å². The van der Waals surface area contributed by atoms with E-state index in [1.54, 1.807) is 61.0 Å². The molecule has 1 unspecified atom stereocenters. The fourth-order valence-corrected chi connectivity index (χ4v) is 5.98. The van der Waals surface area contributed by atoms with Gasteiger partial charge in [0.2, 0.25) is 0 Å². The predicted molar refractivity (Wildman–Crippen MR) is 153 cm³/mol. The molecule has 0 aliphatic carbocycles. The Balaban J connectivity index is 1.55. The van der Waals surface area contributed by atoms with Gasteiger partial charge in [0.25, 0.3) is 5.78 Å². The Morgan fingerprint density at radius 2 is 1.82 bits per heavy atom. The molecule has 0 radical (unpaired) electrons. The van der Waals surface area contributed by atoms with E-state index in [-0.39, 0.29) is 11.3 Å². The molecule has 40 heavy (non-hydrogen) atoms. The maximum atomic E-state index is 13.7. The number of aliphatic hydroxyl groups excluding tert-OH is 1. The second kappa shape index (κ2) is 10.1. The number of amides is 1. The molecule has 0 spiro atoms. The number of nitrogens with zero attached hydrogens (tertiary/aromatic N) is 4. The second-order valence-electron chi connectivity index (χ2n) is 9.39. The third-order valence-corrected chi connectivity index (χ3v) is 7.85. The van der Waals surface area contributed by atoms with Crippen LogP contribution in [0.15, 0.2) is 72.4 Å². The number of rotatable bonds is 7. The van der Waals surface area contributed by atoms with Gasteiger partial charge in [-0.25, -0.2) is 9.97 Å². The van der Waals surface area contributed by atoms with Crippen molar-refractivity contribution < 1.29 is 24.2 Å². The quantitative estimate of drug-likeness (QED) is 0.157. The zero-order valence-corrected chi connectivity index (χ0v) is 22.9. The molecule has 4 heterocycles. The lowest BCUT2D eigenvalue weighted by atomic mass is 9.96. The van der Waals surface area contributed by atoms with Crippen molar-refractivity contribution in [2.45, 2.75) is 26.3 Å². The molecule has 1 amide bonds. The average molecular weight is 555 g/mol. The van der Waals surface area contributed by atoms with E-state index in [0.717, 1.165) is 11.1 Å². The topological polar surface area (TPSA) is 106 Å². The number of aliphatic hydroxyl groups is 1. The molecule has 3 aromatic heterocycles. The van der Waals surface area contributed by atoms with Crippen LogP contribution in [0.2, 0.25) is 0 Å². The molecule has 0 bridgehead atoms. The van der Waals surface area contributed by atoms with Crippen LogP contribution in [-0.4, -0.2) is 44.9 Å². The first-order valence-electron chi connectivity index (χ1n) is 12.8. The van der Waals surface area contributed by atoms with E-state index in [0.29, 0.717) is 51.4 Å². The molecule has 1 aliphatic rings. The first-order chi connectivity index (χ1) is 19.4. The third-order valence-electron chi connectivity index (χ3n) is 6.83.